The summed E-state index contributed by atoms with van der Waals surface area (Å²) in [6, 6.07) is 3.53. The van der Waals surface area contributed by atoms with Crippen molar-refractivity contribution in [3.8, 4) is 0 Å². The topological polar surface area (TPSA) is 24.1 Å². The van der Waals surface area contributed by atoms with Crippen molar-refractivity contribution in [3.63, 3.8) is 0 Å². The van der Waals surface area contributed by atoms with E-state index in [-0.39, 0.29) is 5.82 Å². The Hall–Kier alpha value is -1.00. The Morgan fingerprint density at radius 2 is 1.83 bits per heavy atom. The molecule has 0 spiro atoms. The molecule has 0 bridgehead atoms. The molecular weight excluding hydrogens is 234 g/mol. The van der Waals surface area contributed by atoms with E-state index in [1.807, 2.05) is 0 Å². The van der Waals surface area contributed by atoms with Crippen molar-refractivity contribution in [3.05, 3.63) is 35.4 Å². The van der Waals surface area contributed by atoms with Gasteiger partial charge in [0.05, 0.1) is 0 Å². The molecular formula is C14H22F2N2. The van der Waals surface area contributed by atoms with Crippen molar-refractivity contribution in [1.29, 1.82) is 0 Å². The molecule has 0 aliphatic rings. The fourth-order valence-electron chi connectivity index (χ4n) is 1.63. The van der Waals surface area contributed by atoms with Crippen LogP contribution in [0.5, 0.6) is 0 Å². The van der Waals surface area contributed by atoms with Crippen molar-refractivity contribution < 1.29 is 8.78 Å². The van der Waals surface area contributed by atoms with Crippen LogP contribution in [0.25, 0.3) is 0 Å². The Morgan fingerprint density at radius 1 is 1.11 bits per heavy atom. The van der Waals surface area contributed by atoms with Gasteiger partial charge in [-0.25, -0.2) is 8.78 Å². The quantitative estimate of drug-likeness (QED) is 0.699. The predicted molar refractivity (Wildman–Crippen MR) is 70.4 cm³/mol. The maximum absolute atomic E-state index is 13.3. The average molecular weight is 256 g/mol. The smallest absolute Gasteiger partial charge is 0.127 e. The Balaban J connectivity index is 2.12. The predicted octanol–water partition coefficient (Wildman–Crippen LogP) is 2.69. The van der Waals surface area contributed by atoms with Crippen molar-refractivity contribution in [2.75, 3.05) is 19.6 Å². The van der Waals surface area contributed by atoms with Gasteiger partial charge in [-0.2, -0.15) is 0 Å². The molecule has 0 saturated carbocycles. The van der Waals surface area contributed by atoms with E-state index in [9.17, 15) is 8.78 Å². The summed E-state index contributed by atoms with van der Waals surface area (Å²) < 4.78 is 26.2. The van der Waals surface area contributed by atoms with Crippen LogP contribution in [-0.4, -0.2) is 19.6 Å². The van der Waals surface area contributed by atoms with Gasteiger partial charge in [0.15, 0.2) is 0 Å². The molecule has 0 aliphatic carbocycles. The lowest BCUT2D eigenvalue weighted by Crippen LogP contribution is -2.24. The van der Waals surface area contributed by atoms with E-state index in [0.29, 0.717) is 18.0 Å². The van der Waals surface area contributed by atoms with Crippen molar-refractivity contribution in [2.45, 2.75) is 26.8 Å². The maximum Gasteiger partial charge on any atom is 0.127 e. The highest BCUT2D eigenvalue weighted by atomic mass is 19.1. The lowest BCUT2D eigenvalue weighted by Gasteiger charge is -2.08. The summed E-state index contributed by atoms with van der Waals surface area (Å²) in [5, 5.41) is 6.44. The van der Waals surface area contributed by atoms with Gasteiger partial charge in [-0.15, -0.1) is 0 Å². The molecule has 0 unspecified atom stereocenters. The first kappa shape index (κ1) is 15.1. The number of hydrogen-bond donors (Lipinski definition) is 2. The molecule has 1 rings (SSSR count). The van der Waals surface area contributed by atoms with Gasteiger partial charge >= 0.3 is 0 Å². The second-order valence-electron chi connectivity index (χ2n) is 4.86. The third-order valence-electron chi connectivity index (χ3n) is 2.58. The highest BCUT2D eigenvalue weighted by molar-refractivity contribution is 5.18. The van der Waals surface area contributed by atoms with E-state index in [1.54, 1.807) is 0 Å². The van der Waals surface area contributed by atoms with Gasteiger partial charge in [-0.1, -0.05) is 13.8 Å². The SMILES string of the molecule is CC(C)CNCCCNCc1cc(F)ccc1F. The third-order valence-corrected chi connectivity index (χ3v) is 2.58. The highest BCUT2D eigenvalue weighted by Gasteiger charge is 2.02. The molecule has 0 atom stereocenters. The second-order valence-corrected chi connectivity index (χ2v) is 4.86. The molecule has 0 heterocycles. The number of nitrogens with one attached hydrogen (secondary N) is 2. The summed E-state index contributed by atoms with van der Waals surface area (Å²) in [4.78, 5) is 0. The summed E-state index contributed by atoms with van der Waals surface area (Å²) in [5.74, 6) is -0.104. The molecule has 2 N–H and O–H groups in total. The van der Waals surface area contributed by atoms with Crippen LogP contribution in [0.1, 0.15) is 25.8 Å². The molecule has 0 saturated heterocycles. The Bertz CT molecular complexity index is 354. The van der Waals surface area contributed by atoms with Crippen LogP contribution in [0.4, 0.5) is 8.78 Å². The minimum Gasteiger partial charge on any atom is -0.316 e. The minimum absolute atomic E-state index is 0.359. The van der Waals surface area contributed by atoms with Crippen LogP contribution in [0.3, 0.4) is 0 Å². The molecule has 0 radical (unpaired) electrons. The highest BCUT2D eigenvalue weighted by Crippen LogP contribution is 2.08. The van der Waals surface area contributed by atoms with Crippen LogP contribution in [0.2, 0.25) is 0 Å². The molecule has 0 fully saturated rings. The average Bonchev–Trinajstić information content (AvgIpc) is 2.32. The van der Waals surface area contributed by atoms with Gasteiger partial charge in [0.25, 0.3) is 0 Å². The first-order chi connectivity index (χ1) is 8.59. The van der Waals surface area contributed by atoms with Gasteiger partial charge in [0.2, 0.25) is 0 Å². The van der Waals surface area contributed by atoms with Gasteiger partial charge in [-0.05, 0) is 50.2 Å². The Kier molecular flexibility index (Phi) is 6.83. The van der Waals surface area contributed by atoms with Crippen molar-refractivity contribution in [2.24, 2.45) is 5.92 Å². The Morgan fingerprint density at radius 3 is 2.56 bits per heavy atom. The molecule has 0 aliphatic heterocycles. The van der Waals surface area contributed by atoms with E-state index in [1.165, 1.54) is 6.07 Å². The van der Waals surface area contributed by atoms with Gasteiger partial charge < -0.3 is 10.6 Å². The van der Waals surface area contributed by atoms with E-state index >= 15 is 0 Å². The zero-order valence-corrected chi connectivity index (χ0v) is 11.1. The van der Waals surface area contributed by atoms with Crippen LogP contribution in [-0.2, 0) is 6.54 Å². The van der Waals surface area contributed by atoms with E-state index < -0.39 is 5.82 Å². The minimum atomic E-state index is -0.396. The number of halogens is 2. The van der Waals surface area contributed by atoms with E-state index in [2.05, 4.69) is 24.5 Å². The summed E-state index contributed by atoms with van der Waals surface area (Å²) in [5.41, 5.74) is 0.380. The number of benzene rings is 1. The zero-order valence-electron chi connectivity index (χ0n) is 11.1. The normalized spacial score (nSPS) is 11.2. The molecule has 2 nitrogen and oxygen atoms in total. The largest absolute Gasteiger partial charge is 0.316 e. The molecule has 102 valence electrons. The Labute approximate surface area is 108 Å². The molecule has 1 aromatic carbocycles. The fourth-order valence-corrected chi connectivity index (χ4v) is 1.63. The summed E-state index contributed by atoms with van der Waals surface area (Å²) in [6.45, 7) is 7.44. The first-order valence-corrected chi connectivity index (χ1v) is 6.45. The fraction of sp³-hybridized carbons (Fsp3) is 0.571. The lowest BCUT2D eigenvalue weighted by molar-refractivity contribution is 0.524. The summed E-state index contributed by atoms with van der Waals surface area (Å²) in [6.07, 6.45) is 0.976. The molecule has 18 heavy (non-hydrogen) atoms. The van der Waals surface area contributed by atoms with Gasteiger partial charge in [0, 0.05) is 12.1 Å². The van der Waals surface area contributed by atoms with Gasteiger partial charge in [0.1, 0.15) is 11.6 Å². The van der Waals surface area contributed by atoms with E-state index in [0.717, 1.165) is 38.2 Å². The number of rotatable bonds is 8. The molecule has 1 aromatic rings. The van der Waals surface area contributed by atoms with Crippen molar-refractivity contribution in [1.82, 2.24) is 10.6 Å². The van der Waals surface area contributed by atoms with Crippen LogP contribution in [0.15, 0.2) is 18.2 Å². The number of hydrogen-bond acceptors (Lipinski definition) is 2. The summed E-state index contributed by atoms with van der Waals surface area (Å²) >= 11 is 0. The van der Waals surface area contributed by atoms with Gasteiger partial charge in [-0.3, -0.25) is 0 Å². The van der Waals surface area contributed by atoms with Crippen LogP contribution < -0.4 is 10.6 Å². The monoisotopic (exact) mass is 256 g/mol. The first-order valence-electron chi connectivity index (χ1n) is 6.45. The summed E-state index contributed by atoms with van der Waals surface area (Å²) in [7, 11) is 0. The van der Waals surface area contributed by atoms with Crippen LogP contribution >= 0.6 is 0 Å². The second kappa shape index (κ2) is 8.16. The molecule has 0 amide bonds. The van der Waals surface area contributed by atoms with E-state index in [4.69, 9.17) is 0 Å². The maximum atomic E-state index is 13.3. The zero-order chi connectivity index (χ0) is 13.4. The molecule has 4 heteroatoms. The lowest BCUT2D eigenvalue weighted by atomic mass is 10.2. The standard InChI is InChI=1S/C14H22F2N2/c1-11(2)9-17-6-3-7-18-10-12-8-13(15)4-5-14(12)16/h4-5,8,11,17-18H,3,6-7,9-10H2,1-2H3. The third kappa shape index (κ3) is 6.07. The van der Waals surface area contributed by atoms with Crippen molar-refractivity contribution >= 4 is 0 Å². The van der Waals surface area contributed by atoms with Crippen LogP contribution in [0, 0.1) is 17.6 Å². The molecule has 0 aromatic heterocycles.